The first kappa shape index (κ1) is 18.9. The van der Waals surface area contributed by atoms with E-state index >= 15 is 0 Å². The second kappa shape index (κ2) is 22.8. The van der Waals surface area contributed by atoms with Crippen LogP contribution >= 0.6 is 0 Å². The van der Waals surface area contributed by atoms with Crippen LogP contribution in [0.4, 0.5) is 0 Å². The minimum Gasteiger partial charge on any atom is -0.380 e. The maximum absolute atomic E-state index is 4.94. The van der Waals surface area contributed by atoms with Gasteiger partial charge in [-0.15, -0.1) is 0 Å². The Labute approximate surface area is 90.2 Å². The number of ether oxygens (including phenoxy) is 1. The molecule has 14 heavy (non-hydrogen) atoms. The highest BCUT2D eigenvalue weighted by Crippen LogP contribution is 1.96. The number of allylic oxidation sites excluding steroid dienone is 3. The molecular formula is C13H26O. The van der Waals surface area contributed by atoms with Gasteiger partial charge in [0, 0.05) is 7.11 Å². The summed E-state index contributed by atoms with van der Waals surface area (Å²) in [6.45, 7) is 14.2. The zero-order valence-corrected chi connectivity index (χ0v) is 10.6. The molecule has 0 spiro atoms. The molecule has 1 heteroatoms. The Morgan fingerprint density at radius 2 is 1.71 bits per heavy atom. The van der Waals surface area contributed by atoms with E-state index in [0.717, 1.165) is 0 Å². The Kier molecular flexibility index (Phi) is 30.7. The Hall–Kier alpha value is -0.820. The van der Waals surface area contributed by atoms with E-state index in [-0.39, 0.29) is 0 Å². The van der Waals surface area contributed by atoms with Gasteiger partial charge in [0.05, 0.1) is 6.61 Å². The molecule has 0 aliphatic carbocycles. The molecule has 0 aromatic heterocycles. The molecule has 0 amide bonds. The minimum absolute atomic E-state index is 0.668. The van der Waals surface area contributed by atoms with Crippen molar-refractivity contribution in [3.63, 3.8) is 0 Å². The lowest BCUT2D eigenvalue weighted by Crippen LogP contribution is -1.89. The van der Waals surface area contributed by atoms with Crippen molar-refractivity contribution in [1.29, 1.82) is 0 Å². The molecule has 1 nitrogen and oxygen atoms in total. The molecule has 0 aliphatic heterocycles. The second-order valence-corrected chi connectivity index (χ2v) is 1.89. The van der Waals surface area contributed by atoms with E-state index in [4.69, 9.17) is 4.74 Å². The van der Waals surface area contributed by atoms with E-state index in [1.807, 2.05) is 52.8 Å². The molecule has 0 N–H and O–H groups in total. The molecule has 0 fully saturated rings. The fraction of sp³-hybridized carbons (Fsp3) is 0.538. The Morgan fingerprint density at radius 3 is 2.00 bits per heavy atom. The number of methoxy groups -OCH3 is 1. The first-order valence-corrected chi connectivity index (χ1v) is 5.28. The summed E-state index contributed by atoms with van der Waals surface area (Å²) in [5.41, 5.74) is 1.17. The van der Waals surface area contributed by atoms with Crippen LogP contribution in [0.1, 0.15) is 34.6 Å². The molecule has 0 aromatic rings. The van der Waals surface area contributed by atoms with Crippen molar-refractivity contribution in [2.75, 3.05) is 13.7 Å². The molecule has 0 aliphatic rings. The highest BCUT2D eigenvalue weighted by Gasteiger charge is 1.85. The van der Waals surface area contributed by atoms with Crippen molar-refractivity contribution >= 4 is 0 Å². The summed E-state index contributed by atoms with van der Waals surface area (Å²) in [6, 6.07) is 0. The molecule has 0 aromatic carbocycles. The summed E-state index contributed by atoms with van der Waals surface area (Å²) in [5, 5.41) is 0. The van der Waals surface area contributed by atoms with Crippen LogP contribution in [-0.2, 0) is 4.74 Å². The van der Waals surface area contributed by atoms with Crippen molar-refractivity contribution in [1.82, 2.24) is 0 Å². The van der Waals surface area contributed by atoms with Crippen LogP contribution in [0.25, 0.3) is 0 Å². The van der Waals surface area contributed by atoms with Gasteiger partial charge in [-0.1, -0.05) is 58.6 Å². The van der Waals surface area contributed by atoms with Crippen molar-refractivity contribution in [2.24, 2.45) is 0 Å². The zero-order chi connectivity index (χ0) is 11.8. The van der Waals surface area contributed by atoms with Gasteiger partial charge in [-0.3, -0.25) is 0 Å². The molecule has 0 heterocycles. The monoisotopic (exact) mass is 198 g/mol. The van der Waals surface area contributed by atoms with Crippen LogP contribution in [0.2, 0.25) is 0 Å². The molecule has 84 valence electrons. The van der Waals surface area contributed by atoms with E-state index in [1.165, 1.54) is 5.57 Å². The third-order valence-electron chi connectivity index (χ3n) is 1.13. The fourth-order valence-electron chi connectivity index (χ4n) is 0.586. The molecule has 0 rings (SSSR count). The van der Waals surface area contributed by atoms with Crippen LogP contribution in [0.3, 0.4) is 0 Å². The van der Waals surface area contributed by atoms with E-state index < -0.39 is 0 Å². The van der Waals surface area contributed by atoms with Crippen LogP contribution in [0, 0.1) is 0 Å². The van der Waals surface area contributed by atoms with Gasteiger partial charge >= 0.3 is 0 Å². The fourth-order valence-corrected chi connectivity index (χ4v) is 0.586. The van der Waals surface area contributed by atoms with E-state index in [1.54, 1.807) is 13.2 Å². The van der Waals surface area contributed by atoms with Gasteiger partial charge in [0.15, 0.2) is 0 Å². The van der Waals surface area contributed by atoms with E-state index in [0.29, 0.717) is 6.61 Å². The zero-order valence-electron chi connectivity index (χ0n) is 10.6. The Balaban J connectivity index is -0.000000266. The standard InChI is InChI=1S/C9H14O.2C2H6/c1-4-6-7-9(5-2)8-10-3;2*1-2/h4-7H,1,8H2,2-3H3;2*1-2H3/b7-6-,9-5+;;. The predicted molar refractivity (Wildman–Crippen MR) is 67.7 cm³/mol. The van der Waals surface area contributed by atoms with Gasteiger partial charge in [-0.05, 0) is 12.5 Å². The third kappa shape index (κ3) is 17.3. The van der Waals surface area contributed by atoms with Crippen LogP contribution < -0.4 is 0 Å². The van der Waals surface area contributed by atoms with Crippen LogP contribution in [-0.4, -0.2) is 13.7 Å². The van der Waals surface area contributed by atoms with E-state index in [2.05, 4.69) is 6.58 Å². The highest BCUT2D eigenvalue weighted by atomic mass is 16.5. The Morgan fingerprint density at radius 1 is 1.21 bits per heavy atom. The number of hydrogen-bond acceptors (Lipinski definition) is 1. The first-order valence-electron chi connectivity index (χ1n) is 5.28. The third-order valence-corrected chi connectivity index (χ3v) is 1.13. The molecule has 0 saturated carbocycles. The minimum atomic E-state index is 0.668. The van der Waals surface area contributed by atoms with Crippen molar-refractivity contribution in [3.05, 3.63) is 36.5 Å². The number of rotatable bonds is 4. The van der Waals surface area contributed by atoms with Gasteiger partial charge in [0.2, 0.25) is 0 Å². The maximum Gasteiger partial charge on any atom is 0.0709 e. The smallest absolute Gasteiger partial charge is 0.0709 e. The Bertz CT molecular complexity index is 143. The predicted octanol–water partition coefficient (Wildman–Crippen LogP) is 4.37. The largest absolute Gasteiger partial charge is 0.380 e. The quantitative estimate of drug-likeness (QED) is 0.609. The SMILES string of the molecule is C=C/C=C\C(=C/C)COC.CC.CC. The molecular weight excluding hydrogens is 172 g/mol. The highest BCUT2D eigenvalue weighted by molar-refractivity contribution is 5.21. The average molecular weight is 198 g/mol. The average Bonchev–Trinajstić information content (AvgIpc) is 2.29. The lowest BCUT2D eigenvalue weighted by atomic mass is 10.2. The molecule has 0 unspecified atom stereocenters. The summed E-state index contributed by atoms with van der Waals surface area (Å²) in [7, 11) is 1.69. The van der Waals surface area contributed by atoms with Crippen molar-refractivity contribution in [3.8, 4) is 0 Å². The van der Waals surface area contributed by atoms with Gasteiger partial charge in [-0.25, -0.2) is 0 Å². The maximum atomic E-state index is 4.94. The topological polar surface area (TPSA) is 9.23 Å². The molecule has 0 radical (unpaired) electrons. The summed E-state index contributed by atoms with van der Waals surface area (Å²) in [5.74, 6) is 0. The van der Waals surface area contributed by atoms with Crippen LogP contribution in [0.15, 0.2) is 36.5 Å². The first-order chi connectivity index (χ1) is 6.85. The van der Waals surface area contributed by atoms with E-state index in [9.17, 15) is 0 Å². The van der Waals surface area contributed by atoms with Gasteiger partial charge in [0.1, 0.15) is 0 Å². The van der Waals surface area contributed by atoms with Gasteiger partial charge in [-0.2, -0.15) is 0 Å². The van der Waals surface area contributed by atoms with Crippen LogP contribution in [0.5, 0.6) is 0 Å². The molecule has 0 atom stereocenters. The normalized spacial score (nSPS) is 9.71. The summed E-state index contributed by atoms with van der Waals surface area (Å²) in [4.78, 5) is 0. The van der Waals surface area contributed by atoms with Crippen molar-refractivity contribution in [2.45, 2.75) is 34.6 Å². The van der Waals surface area contributed by atoms with Gasteiger partial charge < -0.3 is 4.74 Å². The van der Waals surface area contributed by atoms with Crippen molar-refractivity contribution < 1.29 is 4.74 Å². The lowest BCUT2D eigenvalue weighted by molar-refractivity contribution is 0.228. The summed E-state index contributed by atoms with van der Waals surface area (Å²) >= 11 is 0. The van der Waals surface area contributed by atoms with Gasteiger partial charge in [0.25, 0.3) is 0 Å². The summed E-state index contributed by atoms with van der Waals surface area (Å²) in [6.07, 6.45) is 7.65. The molecule has 0 saturated heterocycles. The molecule has 0 bridgehead atoms. The lowest BCUT2D eigenvalue weighted by Gasteiger charge is -1.96. The summed E-state index contributed by atoms with van der Waals surface area (Å²) < 4.78 is 4.94. The second-order valence-electron chi connectivity index (χ2n) is 1.89. The number of hydrogen-bond donors (Lipinski definition) is 0.